The van der Waals surface area contributed by atoms with E-state index in [-0.39, 0.29) is 0 Å². The van der Waals surface area contributed by atoms with E-state index in [4.69, 9.17) is 20.8 Å². The molecule has 0 bridgehead atoms. The molecule has 0 heterocycles. The lowest BCUT2D eigenvalue weighted by Gasteiger charge is -2.23. The van der Waals surface area contributed by atoms with Crippen LogP contribution in [-0.4, -0.2) is 14.9 Å². The number of rotatable bonds is 5. The van der Waals surface area contributed by atoms with Crippen LogP contribution in [-0.2, 0) is 4.43 Å². The van der Waals surface area contributed by atoms with E-state index in [0.717, 1.165) is 0 Å². The second kappa shape index (κ2) is 6.23. The van der Waals surface area contributed by atoms with Crippen molar-refractivity contribution in [2.45, 2.75) is 32.7 Å². The van der Waals surface area contributed by atoms with Gasteiger partial charge in [0.1, 0.15) is 5.75 Å². The molecule has 98 valence electrons. The third kappa shape index (κ3) is 4.34. The number of nitriles is 1. The van der Waals surface area contributed by atoms with Gasteiger partial charge in [-0.3, -0.25) is 0 Å². The summed E-state index contributed by atoms with van der Waals surface area (Å²) < 4.78 is 11.4. The minimum atomic E-state index is -1.81. The Kier molecular flexibility index (Phi) is 5.21. The van der Waals surface area contributed by atoms with Gasteiger partial charge in [-0.15, -0.1) is 0 Å². The summed E-state index contributed by atoms with van der Waals surface area (Å²) in [7, 11) is -1.81. The molecule has 1 rings (SSSR count). The van der Waals surface area contributed by atoms with Crippen LogP contribution in [0.15, 0.2) is 18.2 Å². The van der Waals surface area contributed by atoms with Crippen LogP contribution in [0.3, 0.4) is 0 Å². The van der Waals surface area contributed by atoms with E-state index in [0.29, 0.717) is 22.9 Å². The minimum absolute atomic E-state index is 0.541. The van der Waals surface area contributed by atoms with E-state index in [9.17, 15) is 5.26 Å². The van der Waals surface area contributed by atoms with Crippen LogP contribution in [0.4, 0.5) is 0 Å². The summed E-state index contributed by atoms with van der Waals surface area (Å²) in [5, 5.41) is 9.85. The second-order valence-electron chi connectivity index (χ2n) is 4.85. The highest BCUT2D eigenvalue weighted by atomic mass is 35.5. The van der Waals surface area contributed by atoms with Gasteiger partial charge < -0.3 is 9.16 Å². The lowest BCUT2D eigenvalue weighted by molar-refractivity contribution is 0.244. The zero-order valence-corrected chi connectivity index (χ0v) is 12.9. The van der Waals surface area contributed by atoms with Crippen molar-refractivity contribution in [1.29, 1.82) is 5.26 Å². The first-order valence-corrected chi connectivity index (χ1v) is 9.65. The summed E-state index contributed by atoms with van der Waals surface area (Å²) in [6.07, 6.45) is -0.628. The second-order valence-corrected chi connectivity index (χ2v) is 9.75. The fourth-order valence-electron chi connectivity index (χ4n) is 1.52. The van der Waals surface area contributed by atoms with Gasteiger partial charge in [0.05, 0.1) is 12.7 Å². The average molecular weight is 284 g/mol. The smallest absolute Gasteiger partial charge is 0.186 e. The molecule has 0 amide bonds. The van der Waals surface area contributed by atoms with Gasteiger partial charge in [-0.25, -0.2) is 0 Å². The Labute approximate surface area is 114 Å². The maximum atomic E-state index is 9.27. The predicted molar refractivity (Wildman–Crippen MR) is 75.4 cm³/mol. The molecule has 3 nitrogen and oxygen atoms in total. The van der Waals surface area contributed by atoms with E-state index in [1.54, 1.807) is 18.2 Å². The maximum absolute atomic E-state index is 9.27. The molecule has 0 saturated heterocycles. The van der Waals surface area contributed by atoms with Crippen LogP contribution in [0.5, 0.6) is 5.75 Å². The quantitative estimate of drug-likeness (QED) is 0.762. The standard InChI is InChI=1S/C13H18ClNO2Si/c1-5-16-12-7-6-10(14)8-11(12)13(9-15)17-18(2,3)4/h6-8,13H,5H2,1-4H3/t13-/m0/s1. The summed E-state index contributed by atoms with van der Waals surface area (Å²) in [5.74, 6) is 0.659. The molecule has 0 radical (unpaired) electrons. The molecule has 0 saturated carbocycles. The molecule has 1 atom stereocenters. The lowest BCUT2D eigenvalue weighted by atomic mass is 10.1. The minimum Gasteiger partial charge on any atom is -0.493 e. The molecular formula is C13H18ClNO2Si. The molecule has 0 spiro atoms. The van der Waals surface area contributed by atoms with Crippen molar-refractivity contribution in [2.24, 2.45) is 0 Å². The Hall–Kier alpha value is -1.02. The molecule has 0 fully saturated rings. The third-order valence-electron chi connectivity index (χ3n) is 2.14. The van der Waals surface area contributed by atoms with Gasteiger partial charge in [0.25, 0.3) is 0 Å². The SMILES string of the molecule is CCOc1ccc(Cl)cc1[C@H](C#N)O[Si](C)(C)C. The summed E-state index contributed by atoms with van der Waals surface area (Å²) in [4.78, 5) is 0. The third-order valence-corrected chi connectivity index (χ3v) is 3.32. The summed E-state index contributed by atoms with van der Waals surface area (Å²) in [6.45, 7) is 8.57. The highest BCUT2D eigenvalue weighted by Gasteiger charge is 2.24. The van der Waals surface area contributed by atoms with Gasteiger partial charge in [-0.05, 0) is 44.8 Å². The molecule has 5 heteroatoms. The summed E-state index contributed by atoms with van der Waals surface area (Å²) >= 11 is 5.98. The summed E-state index contributed by atoms with van der Waals surface area (Å²) in [6, 6.07) is 7.44. The Morgan fingerprint density at radius 1 is 1.39 bits per heavy atom. The van der Waals surface area contributed by atoms with E-state index < -0.39 is 14.4 Å². The lowest BCUT2D eigenvalue weighted by Crippen LogP contribution is -2.27. The maximum Gasteiger partial charge on any atom is 0.186 e. The van der Waals surface area contributed by atoms with Crippen molar-refractivity contribution in [3.63, 3.8) is 0 Å². The van der Waals surface area contributed by atoms with Gasteiger partial charge in [-0.1, -0.05) is 11.6 Å². The Morgan fingerprint density at radius 3 is 2.56 bits per heavy atom. The largest absolute Gasteiger partial charge is 0.493 e. The van der Waals surface area contributed by atoms with Crippen molar-refractivity contribution in [2.75, 3.05) is 6.61 Å². The zero-order chi connectivity index (χ0) is 13.8. The molecule has 0 aliphatic heterocycles. The molecule has 0 unspecified atom stereocenters. The average Bonchev–Trinajstić information content (AvgIpc) is 2.27. The van der Waals surface area contributed by atoms with Crippen LogP contribution in [0.2, 0.25) is 24.7 Å². The number of benzene rings is 1. The van der Waals surface area contributed by atoms with Crippen molar-refractivity contribution in [3.05, 3.63) is 28.8 Å². The van der Waals surface area contributed by atoms with E-state index in [2.05, 4.69) is 6.07 Å². The molecular weight excluding hydrogens is 266 g/mol. The molecule has 0 aromatic heterocycles. The molecule has 1 aromatic carbocycles. The van der Waals surface area contributed by atoms with Gasteiger partial charge >= 0.3 is 0 Å². The van der Waals surface area contributed by atoms with E-state index in [1.165, 1.54) is 0 Å². The van der Waals surface area contributed by atoms with Gasteiger partial charge in [0.15, 0.2) is 14.4 Å². The highest BCUT2D eigenvalue weighted by Crippen LogP contribution is 2.32. The Morgan fingerprint density at radius 2 is 2.06 bits per heavy atom. The van der Waals surface area contributed by atoms with Crippen LogP contribution < -0.4 is 4.74 Å². The number of nitrogens with zero attached hydrogens (tertiary/aromatic N) is 1. The first-order chi connectivity index (χ1) is 8.37. The molecule has 18 heavy (non-hydrogen) atoms. The van der Waals surface area contributed by atoms with Gasteiger partial charge in [0, 0.05) is 10.6 Å². The number of hydrogen-bond acceptors (Lipinski definition) is 3. The van der Waals surface area contributed by atoms with Gasteiger partial charge in [0.2, 0.25) is 0 Å². The van der Waals surface area contributed by atoms with Crippen LogP contribution in [0.1, 0.15) is 18.6 Å². The number of hydrogen-bond donors (Lipinski definition) is 0. The number of halogens is 1. The van der Waals surface area contributed by atoms with E-state index >= 15 is 0 Å². The van der Waals surface area contributed by atoms with Crippen molar-refractivity contribution >= 4 is 19.9 Å². The first kappa shape index (κ1) is 15.0. The van der Waals surface area contributed by atoms with Gasteiger partial charge in [-0.2, -0.15) is 5.26 Å². The van der Waals surface area contributed by atoms with Crippen molar-refractivity contribution < 1.29 is 9.16 Å². The zero-order valence-electron chi connectivity index (χ0n) is 11.2. The fourth-order valence-corrected chi connectivity index (χ4v) is 2.59. The predicted octanol–water partition coefficient (Wildman–Crippen LogP) is 4.15. The first-order valence-electron chi connectivity index (χ1n) is 5.87. The topological polar surface area (TPSA) is 42.2 Å². The normalized spacial score (nSPS) is 12.9. The molecule has 1 aromatic rings. The Balaban J connectivity index is 3.11. The van der Waals surface area contributed by atoms with Crippen molar-refractivity contribution in [1.82, 2.24) is 0 Å². The van der Waals surface area contributed by atoms with E-state index in [1.807, 2.05) is 26.6 Å². The van der Waals surface area contributed by atoms with Crippen molar-refractivity contribution in [3.8, 4) is 11.8 Å². The molecule has 0 N–H and O–H groups in total. The van der Waals surface area contributed by atoms with Crippen LogP contribution in [0, 0.1) is 11.3 Å². The Bertz CT molecular complexity index is 451. The number of ether oxygens (including phenoxy) is 1. The molecule has 0 aliphatic carbocycles. The summed E-state index contributed by atoms with van der Waals surface area (Å²) in [5.41, 5.74) is 0.703. The highest BCUT2D eigenvalue weighted by molar-refractivity contribution is 6.69. The fraction of sp³-hybridized carbons (Fsp3) is 0.462. The van der Waals surface area contributed by atoms with Crippen LogP contribution in [0.25, 0.3) is 0 Å². The molecule has 0 aliphatic rings. The monoisotopic (exact) mass is 283 g/mol. The van der Waals surface area contributed by atoms with Crippen LogP contribution >= 0.6 is 11.6 Å².